The van der Waals surface area contributed by atoms with Crippen molar-refractivity contribution < 1.29 is 0 Å². The van der Waals surface area contributed by atoms with Crippen LogP contribution in [0, 0.1) is 0 Å². The number of fused-ring (bicyclic) bond motifs is 1. The molecule has 0 atom stereocenters. The van der Waals surface area contributed by atoms with Crippen molar-refractivity contribution in [2.24, 2.45) is 7.05 Å². The van der Waals surface area contributed by atoms with Crippen LogP contribution in [0.15, 0.2) is 9.59 Å². The van der Waals surface area contributed by atoms with Crippen molar-refractivity contribution >= 4 is 11.5 Å². The van der Waals surface area contributed by atoms with Gasteiger partial charge >= 0.3 is 5.69 Å². The van der Waals surface area contributed by atoms with Crippen molar-refractivity contribution in [3.05, 3.63) is 20.8 Å². The number of nitrogens with one attached hydrogen (secondary N) is 3. The van der Waals surface area contributed by atoms with Crippen LogP contribution in [0.5, 0.6) is 0 Å². The van der Waals surface area contributed by atoms with Crippen molar-refractivity contribution in [2.75, 3.05) is 17.3 Å². The Morgan fingerprint density at radius 1 is 1.33 bits per heavy atom. The summed E-state index contributed by atoms with van der Waals surface area (Å²) >= 11 is 0. The highest BCUT2D eigenvalue weighted by Gasteiger charge is 2.15. The first kappa shape index (κ1) is 6.96. The van der Waals surface area contributed by atoms with E-state index < -0.39 is 5.69 Å². The second kappa shape index (κ2) is 2.13. The maximum atomic E-state index is 11.3. The first-order valence-corrected chi connectivity index (χ1v) is 3.51. The fourth-order valence-electron chi connectivity index (χ4n) is 1.14. The summed E-state index contributed by atoms with van der Waals surface area (Å²) in [6, 6.07) is 0. The van der Waals surface area contributed by atoms with E-state index in [1.165, 1.54) is 7.05 Å². The molecular formula is C6H8N4O2. The summed E-state index contributed by atoms with van der Waals surface area (Å²) in [4.78, 5) is 24.9. The van der Waals surface area contributed by atoms with Crippen molar-refractivity contribution in [2.45, 2.75) is 0 Å². The van der Waals surface area contributed by atoms with Gasteiger partial charge in [0, 0.05) is 7.05 Å². The minimum absolute atomic E-state index is 0.307. The van der Waals surface area contributed by atoms with Gasteiger partial charge in [-0.05, 0) is 0 Å². The van der Waals surface area contributed by atoms with E-state index in [0.29, 0.717) is 18.2 Å². The highest BCUT2D eigenvalue weighted by Crippen LogP contribution is 2.15. The maximum absolute atomic E-state index is 11.3. The molecular weight excluding hydrogens is 160 g/mol. The number of anilines is 2. The lowest BCUT2D eigenvalue weighted by Gasteiger charge is -1.99. The van der Waals surface area contributed by atoms with Gasteiger partial charge < -0.3 is 10.6 Å². The van der Waals surface area contributed by atoms with E-state index in [1.807, 2.05) is 0 Å². The fraction of sp³-hybridized carbons (Fsp3) is 0.333. The zero-order valence-electron chi connectivity index (χ0n) is 6.47. The van der Waals surface area contributed by atoms with Crippen molar-refractivity contribution in [3.8, 4) is 0 Å². The quantitative estimate of drug-likeness (QED) is 0.458. The molecule has 0 saturated heterocycles. The van der Waals surface area contributed by atoms with E-state index in [9.17, 15) is 9.59 Å². The Morgan fingerprint density at radius 2 is 2.08 bits per heavy atom. The van der Waals surface area contributed by atoms with Crippen LogP contribution in [0.4, 0.5) is 11.5 Å². The number of rotatable bonds is 0. The molecule has 0 aromatic carbocycles. The summed E-state index contributed by atoms with van der Waals surface area (Å²) in [6.07, 6.45) is 0. The van der Waals surface area contributed by atoms with Gasteiger partial charge in [0.2, 0.25) is 0 Å². The molecule has 3 N–H and O–H groups in total. The fourth-order valence-corrected chi connectivity index (χ4v) is 1.14. The van der Waals surface area contributed by atoms with Gasteiger partial charge in [-0.1, -0.05) is 0 Å². The molecule has 12 heavy (non-hydrogen) atoms. The van der Waals surface area contributed by atoms with E-state index >= 15 is 0 Å². The Kier molecular flexibility index (Phi) is 1.24. The molecule has 0 saturated carbocycles. The Hall–Kier alpha value is -1.72. The van der Waals surface area contributed by atoms with Crippen LogP contribution in [-0.2, 0) is 7.05 Å². The Bertz CT molecular complexity index is 430. The van der Waals surface area contributed by atoms with E-state index in [0.717, 1.165) is 4.57 Å². The van der Waals surface area contributed by atoms with Crippen molar-refractivity contribution in [3.63, 3.8) is 0 Å². The number of H-pyrrole nitrogens is 1. The third kappa shape index (κ3) is 0.744. The molecule has 1 aliphatic rings. The van der Waals surface area contributed by atoms with Gasteiger partial charge in [-0.3, -0.25) is 14.3 Å². The molecule has 0 spiro atoms. The molecule has 2 heterocycles. The summed E-state index contributed by atoms with van der Waals surface area (Å²) < 4.78 is 1.03. The van der Waals surface area contributed by atoms with Crippen LogP contribution in [0.3, 0.4) is 0 Å². The number of aromatic amines is 1. The number of hydrogen-bond acceptors (Lipinski definition) is 4. The van der Waals surface area contributed by atoms with Crippen LogP contribution in [0.1, 0.15) is 0 Å². The zero-order chi connectivity index (χ0) is 8.72. The van der Waals surface area contributed by atoms with Crippen molar-refractivity contribution in [1.29, 1.82) is 0 Å². The predicted molar refractivity (Wildman–Crippen MR) is 44.4 cm³/mol. The monoisotopic (exact) mass is 168 g/mol. The molecule has 1 aliphatic heterocycles. The number of aromatic nitrogens is 2. The molecule has 0 unspecified atom stereocenters. The van der Waals surface area contributed by atoms with Crippen molar-refractivity contribution in [1.82, 2.24) is 9.55 Å². The molecule has 0 bridgehead atoms. The van der Waals surface area contributed by atoms with Crippen LogP contribution in [-0.4, -0.2) is 16.2 Å². The van der Waals surface area contributed by atoms with E-state index in [4.69, 9.17) is 0 Å². The minimum atomic E-state index is -0.407. The molecule has 0 radical (unpaired) electrons. The summed E-state index contributed by atoms with van der Waals surface area (Å²) in [5.41, 5.74) is -0.286. The largest absolute Gasteiger partial charge is 0.360 e. The first-order chi connectivity index (χ1) is 5.70. The highest BCUT2D eigenvalue weighted by atomic mass is 16.2. The first-order valence-electron chi connectivity index (χ1n) is 3.51. The van der Waals surface area contributed by atoms with Gasteiger partial charge in [0.05, 0.1) is 6.67 Å². The van der Waals surface area contributed by atoms with E-state index in [-0.39, 0.29) is 5.56 Å². The van der Waals surface area contributed by atoms with Gasteiger partial charge in [-0.2, -0.15) is 0 Å². The van der Waals surface area contributed by atoms with Crippen LogP contribution < -0.4 is 21.9 Å². The molecule has 64 valence electrons. The number of nitrogens with zero attached hydrogens (tertiary/aromatic N) is 1. The maximum Gasteiger partial charge on any atom is 0.329 e. The molecule has 6 nitrogen and oxygen atoms in total. The zero-order valence-corrected chi connectivity index (χ0v) is 6.47. The highest BCUT2D eigenvalue weighted by molar-refractivity contribution is 5.67. The topological polar surface area (TPSA) is 78.9 Å². The lowest BCUT2D eigenvalue weighted by atomic mass is 10.5. The average Bonchev–Trinajstić information content (AvgIpc) is 2.48. The summed E-state index contributed by atoms with van der Waals surface area (Å²) in [5, 5.41) is 5.65. The summed E-state index contributed by atoms with van der Waals surface area (Å²) in [7, 11) is 1.43. The van der Waals surface area contributed by atoms with Gasteiger partial charge in [0.25, 0.3) is 5.56 Å². The third-order valence-corrected chi connectivity index (χ3v) is 1.84. The molecule has 1 aromatic rings. The van der Waals surface area contributed by atoms with E-state index in [1.54, 1.807) is 0 Å². The van der Waals surface area contributed by atoms with Crippen LogP contribution >= 0.6 is 0 Å². The Labute approximate surface area is 67.2 Å². The SMILES string of the molecule is Cn1c(=O)[nH]c2c(c1=O)NCN2. The molecule has 0 amide bonds. The third-order valence-electron chi connectivity index (χ3n) is 1.84. The summed E-state index contributed by atoms with van der Waals surface area (Å²) in [5.74, 6) is 0.475. The van der Waals surface area contributed by atoms with Gasteiger partial charge in [0.1, 0.15) is 11.5 Å². The summed E-state index contributed by atoms with van der Waals surface area (Å²) in [6.45, 7) is 0.477. The van der Waals surface area contributed by atoms with Gasteiger partial charge in [-0.25, -0.2) is 4.79 Å². The standard InChI is InChI=1S/C6H8N4O2/c1-10-5(11)3-4(8-2-7-3)9-6(10)12/h7-8H,2H2,1H3,(H,9,12). The lowest BCUT2D eigenvalue weighted by Crippen LogP contribution is -2.32. The molecule has 1 aromatic heterocycles. The van der Waals surface area contributed by atoms with Crippen LogP contribution in [0.2, 0.25) is 0 Å². The molecule has 0 aliphatic carbocycles. The second-order valence-electron chi connectivity index (χ2n) is 2.57. The molecule has 2 rings (SSSR count). The molecule has 6 heteroatoms. The minimum Gasteiger partial charge on any atom is -0.360 e. The molecule has 0 fully saturated rings. The normalized spacial score (nSPS) is 13.4. The Morgan fingerprint density at radius 3 is 2.83 bits per heavy atom. The second-order valence-corrected chi connectivity index (χ2v) is 2.57. The predicted octanol–water partition coefficient (Wildman–Crippen LogP) is -1.13. The number of hydrogen-bond donors (Lipinski definition) is 3. The van der Waals surface area contributed by atoms with Gasteiger partial charge in [-0.15, -0.1) is 0 Å². The lowest BCUT2D eigenvalue weighted by molar-refractivity contribution is 0.784. The van der Waals surface area contributed by atoms with Gasteiger partial charge in [0.15, 0.2) is 0 Å². The van der Waals surface area contributed by atoms with E-state index in [2.05, 4.69) is 15.6 Å². The average molecular weight is 168 g/mol. The Balaban J connectivity index is 2.85. The van der Waals surface area contributed by atoms with Crippen LogP contribution in [0.25, 0.3) is 0 Å². The smallest absolute Gasteiger partial charge is 0.329 e.